The van der Waals surface area contributed by atoms with Gasteiger partial charge in [-0.25, -0.2) is 0 Å². The van der Waals surface area contributed by atoms with Crippen LogP contribution in [0.2, 0.25) is 5.04 Å². The molecule has 2 rings (SSSR count). The van der Waals surface area contributed by atoms with E-state index in [0.717, 1.165) is 0 Å². The van der Waals surface area contributed by atoms with E-state index in [-0.39, 0.29) is 5.04 Å². The van der Waals surface area contributed by atoms with Gasteiger partial charge < -0.3 is 0 Å². The molecule has 0 nitrogen and oxygen atoms in total. The first-order valence-electron chi connectivity index (χ1n) is 7.41. The fraction of sp³-hybridized carbons (Fsp3) is 0.200. The van der Waals surface area contributed by atoms with Crippen molar-refractivity contribution in [2.24, 2.45) is 0 Å². The molecule has 0 radical (unpaired) electrons. The monoisotopic (exact) mass is 324 g/mol. The Morgan fingerprint density at radius 3 is 1.68 bits per heavy atom. The van der Waals surface area contributed by atoms with E-state index >= 15 is 0 Å². The van der Waals surface area contributed by atoms with Gasteiger partial charge in [-0.15, -0.1) is 5.54 Å². The van der Waals surface area contributed by atoms with E-state index in [9.17, 15) is 0 Å². The number of hydrogen-bond donors (Lipinski definition) is 0. The van der Waals surface area contributed by atoms with Crippen molar-refractivity contribution < 1.29 is 0 Å². The van der Waals surface area contributed by atoms with E-state index in [2.05, 4.69) is 92.9 Å². The third-order valence-corrected chi connectivity index (χ3v) is 9.24. The lowest BCUT2D eigenvalue weighted by molar-refractivity contribution is 0.740. The molecule has 0 N–H and O–H groups in total. The van der Waals surface area contributed by atoms with Gasteiger partial charge in [-0.1, -0.05) is 99.0 Å². The Morgan fingerprint density at radius 2 is 1.32 bits per heavy atom. The molecular weight excluding hydrogens is 304 g/mol. The van der Waals surface area contributed by atoms with Crippen LogP contribution < -0.4 is 10.4 Å². The average molecular weight is 325 g/mol. The van der Waals surface area contributed by atoms with Crippen LogP contribution in [0.15, 0.2) is 72.3 Å². The molecule has 0 saturated heterocycles. The molecule has 2 heteroatoms. The Morgan fingerprint density at radius 1 is 0.864 bits per heavy atom. The van der Waals surface area contributed by atoms with Gasteiger partial charge in [0.25, 0.3) is 0 Å². The van der Waals surface area contributed by atoms with Crippen molar-refractivity contribution in [1.29, 1.82) is 0 Å². The van der Waals surface area contributed by atoms with Crippen molar-refractivity contribution >= 4 is 30.0 Å². The molecule has 0 fully saturated rings. The Kier molecular flexibility index (Phi) is 5.29. The first kappa shape index (κ1) is 16.6. The highest BCUT2D eigenvalue weighted by Crippen LogP contribution is 2.35. The Hall–Kier alpha value is -1.75. The molecule has 112 valence electrons. The van der Waals surface area contributed by atoms with Gasteiger partial charge in [-0.2, -0.15) is 0 Å². The minimum absolute atomic E-state index is 0.0584. The molecule has 0 saturated carbocycles. The van der Waals surface area contributed by atoms with E-state index in [1.807, 2.05) is 0 Å². The second-order valence-electron chi connectivity index (χ2n) is 6.29. The quantitative estimate of drug-likeness (QED) is 0.569. The molecule has 22 heavy (non-hydrogen) atoms. The van der Waals surface area contributed by atoms with Gasteiger partial charge in [0.2, 0.25) is 8.07 Å². The van der Waals surface area contributed by atoms with Gasteiger partial charge >= 0.3 is 0 Å². The van der Waals surface area contributed by atoms with Crippen LogP contribution in [0.3, 0.4) is 0 Å². The summed E-state index contributed by atoms with van der Waals surface area (Å²) in [6.07, 6.45) is 1.72. The molecule has 2 aromatic carbocycles. The number of benzene rings is 2. The van der Waals surface area contributed by atoms with E-state index < -0.39 is 8.07 Å². The molecular formula is C20H21ClSi. The predicted molar refractivity (Wildman–Crippen MR) is 100 cm³/mol. The van der Waals surface area contributed by atoms with E-state index in [1.54, 1.807) is 6.08 Å². The molecule has 0 unspecified atom stereocenters. The van der Waals surface area contributed by atoms with Gasteiger partial charge in [0.05, 0.1) is 0 Å². The van der Waals surface area contributed by atoms with E-state index in [1.165, 1.54) is 15.9 Å². The highest BCUT2D eigenvalue weighted by molar-refractivity contribution is 7.10. The van der Waals surface area contributed by atoms with Crippen LogP contribution in [0.4, 0.5) is 0 Å². The zero-order valence-electron chi connectivity index (χ0n) is 13.3. The number of halogens is 1. The fourth-order valence-electron chi connectivity index (χ4n) is 2.92. The summed E-state index contributed by atoms with van der Waals surface area (Å²) in [5, 5.41) is 2.73. The zero-order chi connectivity index (χ0) is 16.1. The van der Waals surface area contributed by atoms with Gasteiger partial charge in [0.1, 0.15) is 0 Å². The summed E-state index contributed by atoms with van der Waals surface area (Å²) >= 11 is 5.67. The largest absolute Gasteiger partial charge is 0.204 e. The molecule has 2 aromatic rings. The summed E-state index contributed by atoms with van der Waals surface area (Å²) in [7, 11) is -2.26. The van der Waals surface area contributed by atoms with Crippen LogP contribution in [0.25, 0.3) is 0 Å². The van der Waals surface area contributed by atoms with Gasteiger partial charge in [0, 0.05) is 5.54 Å². The van der Waals surface area contributed by atoms with Crippen LogP contribution in [0.1, 0.15) is 20.8 Å². The normalized spacial score (nSPS) is 12.0. The SMILES string of the molecule is CC(C)(C)[Si](C#C/C=C\Cl)(c1ccccc1)c1ccccc1. The molecule has 0 aliphatic rings. The van der Waals surface area contributed by atoms with Crippen molar-refractivity contribution in [3.63, 3.8) is 0 Å². The van der Waals surface area contributed by atoms with Gasteiger partial charge in [0.15, 0.2) is 0 Å². The molecule has 0 aliphatic carbocycles. The molecule has 0 heterocycles. The highest BCUT2D eigenvalue weighted by atomic mass is 35.5. The molecule has 0 spiro atoms. The lowest BCUT2D eigenvalue weighted by Gasteiger charge is -2.39. The molecule has 0 atom stereocenters. The standard InChI is InChI=1S/C20H21ClSi/c1-20(2,3)22(17-11-10-16-21,18-12-6-4-7-13-18)19-14-8-5-9-15-19/h4-10,12-16H,1-3H3/b16-10-. The summed E-state index contributed by atoms with van der Waals surface area (Å²) in [6.45, 7) is 6.87. The average Bonchev–Trinajstić information content (AvgIpc) is 2.52. The van der Waals surface area contributed by atoms with Crippen LogP contribution >= 0.6 is 11.6 Å². The maximum atomic E-state index is 5.67. The minimum Gasteiger partial charge on any atom is -0.115 e. The van der Waals surface area contributed by atoms with E-state index in [0.29, 0.717) is 0 Å². The lowest BCUT2D eigenvalue weighted by atomic mass is 10.2. The predicted octanol–water partition coefficient (Wildman–Crippen LogP) is 4.34. The number of rotatable bonds is 2. The minimum atomic E-state index is -2.26. The molecule has 0 amide bonds. The Labute approximate surface area is 139 Å². The summed E-state index contributed by atoms with van der Waals surface area (Å²) in [5.41, 5.74) is 5.10. The third kappa shape index (κ3) is 3.19. The first-order valence-corrected chi connectivity index (χ1v) is 9.85. The van der Waals surface area contributed by atoms with Crippen LogP contribution in [0, 0.1) is 11.5 Å². The Bertz CT molecular complexity index is 646. The highest BCUT2D eigenvalue weighted by Gasteiger charge is 2.46. The van der Waals surface area contributed by atoms with Crippen molar-refractivity contribution in [2.45, 2.75) is 25.8 Å². The van der Waals surface area contributed by atoms with Crippen LogP contribution in [-0.4, -0.2) is 8.07 Å². The molecule has 0 aliphatic heterocycles. The summed E-state index contributed by atoms with van der Waals surface area (Å²) in [4.78, 5) is 0. The van der Waals surface area contributed by atoms with Crippen molar-refractivity contribution in [1.82, 2.24) is 0 Å². The maximum absolute atomic E-state index is 5.67. The third-order valence-electron chi connectivity index (χ3n) is 3.94. The maximum Gasteiger partial charge on any atom is 0.204 e. The summed E-state index contributed by atoms with van der Waals surface area (Å²) in [5.74, 6) is 3.18. The second kappa shape index (κ2) is 7.00. The lowest BCUT2D eigenvalue weighted by Crippen LogP contribution is -2.63. The fourth-order valence-corrected chi connectivity index (χ4v) is 7.40. The van der Waals surface area contributed by atoms with Crippen molar-refractivity contribution in [3.05, 3.63) is 72.3 Å². The summed E-state index contributed by atoms with van der Waals surface area (Å²) < 4.78 is 0. The van der Waals surface area contributed by atoms with Gasteiger partial charge in [-0.05, 0) is 21.5 Å². The number of hydrogen-bond acceptors (Lipinski definition) is 0. The number of allylic oxidation sites excluding steroid dienone is 1. The summed E-state index contributed by atoms with van der Waals surface area (Å²) in [6, 6.07) is 21.4. The van der Waals surface area contributed by atoms with Crippen LogP contribution in [0.5, 0.6) is 0 Å². The van der Waals surface area contributed by atoms with Crippen molar-refractivity contribution in [2.75, 3.05) is 0 Å². The molecule has 0 aromatic heterocycles. The van der Waals surface area contributed by atoms with Crippen molar-refractivity contribution in [3.8, 4) is 11.5 Å². The zero-order valence-corrected chi connectivity index (χ0v) is 15.1. The smallest absolute Gasteiger partial charge is 0.115 e. The van der Waals surface area contributed by atoms with Crippen LogP contribution in [-0.2, 0) is 0 Å². The Balaban J connectivity index is 2.80. The van der Waals surface area contributed by atoms with E-state index in [4.69, 9.17) is 11.6 Å². The first-order chi connectivity index (χ1) is 10.5. The van der Waals surface area contributed by atoms with Gasteiger partial charge in [-0.3, -0.25) is 0 Å². The molecule has 0 bridgehead atoms. The topological polar surface area (TPSA) is 0 Å². The second-order valence-corrected chi connectivity index (χ2v) is 11.0.